The van der Waals surface area contributed by atoms with Crippen molar-refractivity contribution in [1.29, 1.82) is 0 Å². The third kappa shape index (κ3) is 13.7. The van der Waals surface area contributed by atoms with Gasteiger partial charge in [-0.3, -0.25) is 19.2 Å². The molecule has 2 fully saturated rings. The maximum Gasteiger partial charge on any atom is 0.446 e. The van der Waals surface area contributed by atoms with E-state index in [-0.39, 0.29) is 80.4 Å². The molecule has 0 saturated heterocycles. The SMILES string of the molecule is C#Cc1ccc(C(=O)C[C@@H]2CCC[C@H](n3c(-c4ccccc4SC(F)(F)F)nc4cc(C(=O)CC)ccc43)C2)s1.CCC(=O)c1ccc2c(c1)nc(-c1ccccc1SC(F)(F)F)n2[C@H]1CCC[C@@H](CC(=O)c2ccc(C)s2)C1. The third-order valence-electron chi connectivity index (χ3n) is 14.6. The fourth-order valence-electron chi connectivity index (χ4n) is 11.0. The van der Waals surface area contributed by atoms with E-state index in [1.807, 2.05) is 35.8 Å². The highest BCUT2D eigenvalue weighted by Gasteiger charge is 2.36. The second kappa shape index (κ2) is 24.6. The van der Waals surface area contributed by atoms with Gasteiger partial charge in [-0.1, -0.05) is 69.0 Å². The quantitative estimate of drug-likeness (QED) is 0.0408. The molecule has 4 atom stereocenters. The standard InChI is InChI=1S/C31H27F3N2O2S2.C30H29F3N2O2S2/c1-3-22-13-15-29(39-22)27(38)17-19-8-7-9-21(16-19)36-25-14-12-20(26(37)4-2)18-24(25)35-30(36)23-10-5-6-11-28(23)40-31(32,33)34;1-3-25(36)20-12-13-24-23(17-20)34-29(22-9-4-5-10-27(22)39-30(31,32)33)35(24)21-8-6-7-19(15-21)16-26(37)28-14-11-18(2)38-28/h1,5-6,10-15,18-19,21H,4,7-9,16-17H2,2H3;4-5,9-14,17,19,21H,3,6-8,15-16H2,1-2H3/t2*19-,21+/m11/s1. The second-order valence-electron chi connectivity index (χ2n) is 20.0. The summed E-state index contributed by atoms with van der Waals surface area (Å²) in [6.45, 7) is 5.56. The van der Waals surface area contributed by atoms with Crippen LogP contribution in [0, 0.1) is 31.1 Å². The minimum atomic E-state index is -4.45. The molecule has 0 bridgehead atoms. The molecule has 410 valence electrons. The first kappa shape index (κ1) is 57.4. The van der Waals surface area contributed by atoms with Gasteiger partial charge in [-0.2, -0.15) is 26.3 Å². The number of aryl methyl sites for hydroxylation is 1. The van der Waals surface area contributed by atoms with Gasteiger partial charge in [0.15, 0.2) is 23.1 Å². The van der Waals surface area contributed by atoms with Crippen LogP contribution in [-0.2, 0) is 0 Å². The fraction of sp³-hybridized carbons (Fsp3) is 0.344. The number of Topliss-reactive ketones (excluding diaryl/α,β-unsaturated/α-hetero) is 4. The van der Waals surface area contributed by atoms with Gasteiger partial charge < -0.3 is 9.13 Å². The van der Waals surface area contributed by atoms with E-state index in [2.05, 4.69) is 10.5 Å². The van der Waals surface area contributed by atoms with Crippen LogP contribution in [0.2, 0.25) is 0 Å². The molecule has 2 saturated carbocycles. The van der Waals surface area contributed by atoms with Crippen LogP contribution >= 0.6 is 46.2 Å². The van der Waals surface area contributed by atoms with Crippen LogP contribution in [0.4, 0.5) is 26.3 Å². The second-order valence-corrected chi connectivity index (χ2v) is 24.6. The molecule has 18 heteroatoms. The summed E-state index contributed by atoms with van der Waals surface area (Å²) in [6, 6.07) is 30.9. The number of thiophene rings is 2. The molecule has 0 amide bonds. The maximum atomic E-state index is 13.5. The van der Waals surface area contributed by atoms with Crippen LogP contribution in [0.3, 0.4) is 0 Å². The molecule has 0 aliphatic heterocycles. The number of thioether (sulfide) groups is 2. The van der Waals surface area contributed by atoms with Crippen molar-refractivity contribution in [3.8, 4) is 35.1 Å². The summed E-state index contributed by atoms with van der Waals surface area (Å²) in [5, 5.41) is 0. The Balaban J connectivity index is 0.000000192. The Morgan fingerprint density at radius 2 is 1.04 bits per heavy atom. The van der Waals surface area contributed by atoms with Crippen molar-refractivity contribution in [2.75, 3.05) is 0 Å². The molecule has 0 unspecified atom stereocenters. The number of terminal acetylenes is 1. The van der Waals surface area contributed by atoms with Crippen molar-refractivity contribution in [1.82, 2.24) is 19.1 Å². The fourth-order valence-corrected chi connectivity index (χ4v) is 14.0. The molecular formula is C61H56F6N4O4S4. The molecule has 10 rings (SSSR count). The number of benzene rings is 4. The molecule has 4 aromatic heterocycles. The molecule has 8 aromatic rings. The van der Waals surface area contributed by atoms with Gasteiger partial charge in [0, 0.05) is 74.7 Å². The van der Waals surface area contributed by atoms with Crippen molar-refractivity contribution >= 4 is 91.4 Å². The number of fused-ring (bicyclic) bond motifs is 2. The molecule has 0 radical (unpaired) electrons. The molecule has 4 heterocycles. The average molecular weight is 1150 g/mol. The zero-order valence-corrected chi connectivity index (χ0v) is 46.9. The van der Waals surface area contributed by atoms with Gasteiger partial charge in [0.1, 0.15) is 11.6 Å². The highest BCUT2D eigenvalue weighted by molar-refractivity contribution is 8.00. The summed E-state index contributed by atoms with van der Waals surface area (Å²) in [5.41, 5.74) is -4.32. The molecule has 79 heavy (non-hydrogen) atoms. The number of rotatable bonds is 16. The van der Waals surface area contributed by atoms with Crippen LogP contribution in [0.5, 0.6) is 0 Å². The van der Waals surface area contributed by atoms with E-state index >= 15 is 0 Å². The van der Waals surface area contributed by atoms with Crippen molar-refractivity contribution in [3.63, 3.8) is 0 Å². The predicted molar refractivity (Wildman–Crippen MR) is 305 cm³/mol. The number of hydrogen-bond acceptors (Lipinski definition) is 10. The molecular weight excluding hydrogens is 1090 g/mol. The number of carbonyl (C=O) groups is 4. The lowest BCUT2D eigenvalue weighted by Gasteiger charge is -2.31. The molecule has 4 aromatic carbocycles. The van der Waals surface area contributed by atoms with Crippen molar-refractivity contribution in [2.45, 2.75) is 131 Å². The number of aromatic nitrogens is 4. The minimum absolute atomic E-state index is 0.0129. The Kier molecular flexibility index (Phi) is 17.9. The Morgan fingerprint density at radius 3 is 1.44 bits per heavy atom. The topological polar surface area (TPSA) is 104 Å². The van der Waals surface area contributed by atoms with Gasteiger partial charge in [0.25, 0.3) is 0 Å². The Hall–Kier alpha value is -6.26. The van der Waals surface area contributed by atoms with E-state index in [0.29, 0.717) is 81.9 Å². The first-order chi connectivity index (χ1) is 37.8. The van der Waals surface area contributed by atoms with Gasteiger partial charge >= 0.3 is 11.0 Å². The van der Waals surface area contributed by atoms with E-state index < -0.39 is 11.0 Å². The van der Waals surface area contributed by atoms with Crippen molar-refractivity contribution in [3.05, 3.63) is 140 Å². The van der Waals surface area contributed by atoms with E-state index in [9.17, 15) is 45.5 Å². The van der Waals surface area contributed by atoms with Gasteiger partial charge in [0.2, 0.25) is 0 Å². The largest absolute Gasteiger partial charge is 0.446 e. The lowest BCUT2D eigenvalue weighted by Crippen LogP contribution is -2.22. The number of carbonyl (C=O) groups excluding carboxylic acids is 4. The number of ketones is 4. The van der Waals surface area contributed by atoms with Crippen molar-refractivity contribution in [2.24, 2.45) is 11.8 Å². The number of alkyl halides is 6. The van der Waals surface area contributed by atoms with Gasteiger partial charge in [0.05, 0.1) is 36.7 Å². The Bertz CT molecular complexity index is 3600. The van der Waals surface area contributed by atoms with E-state index in [1.54, 1.807) is 86.6 Å². The number of hydrogen-bond donors (Lipinski definition) is 0. The molecule has 8 nitrogen and oxygen atoms in total. The number of halogens is 6. The maximum absolute atomic E-state index is 13.5. The Morgan fingerprint density at radius 1 is 0.595 bits per heavy atom. The van der Waals surface area contributed by atoms with Crippen LogP contribution in [0.25, 0.3) is 44.8 Å². The zero-order chi connectivity index (χ0) is 56.2. The highest BCUT2D eigenvalue weighted by Crippen LogP contribution is 2.47. The zero-order valence-electron chi connectivity index (χ0n) is 43.6. The van der Waals surface area contributed by atoms with E-state index in [1.165, 1.54) is 34.8 Å². The van der Waals surface area contributed by atoms with E-state index in [0.717, 1.165) is 70.6 Å². The smallest absolute Gasteiger partial charge is 0.321 e. The van der Waals surface area contributed by atoms with Gasteiger partial charge in [-0.25, -0.2) is 9.97 Å². The molecule has 2 aliphatic rings. The highest BCUT2D eigenvalue weighted by atomic mass is 32.2. The lowest BCUT2D eigenvalue weighted by molar-refractivity contribution is -0.0336. The Labute approximate surface area is 470 Å². The average Bonchev–Trinajstić information content (AvgIpc) is 4.32. The van der Waals surface area contributed by atoms with Gasteiger partial charge in [-0.05, 0) is 154 Å². The first-order valence-electron chi connectivity index (χ1n) is 26.3. The normalized spacial score (nSPS) is 17.8. The number of nitrogens with zero attached hydrogens (tertiary/aromatic N) is 4. The summed E-state index contributed by atoms with van der Waals surface area (Å²) < 4.78 is 84.9. The summed E-state index contributed by atoms with van der Waals surface area (Å²) in [4.78, 5) is 63.9. The summed E-state index contributed by atoms with van der Waals surface area (Å²) in [5.74, 6) is 3.92. The number of imidazole rings is 2. The molecule has 0 spiro atoms. The predicted octanol–water partition coefficient (Wildman–Crippen LogP) is 18.2. The van der Waals surface area contributed by atoms with Crippen molar-refractivity contribution < 1.29 is 45.5 Å². The van der Waals surface area contributed by atoms with Crippen LogP contribution in [0.15, 0.2) is 119 Å². The van der Waals surface area contributed by atoms with Crippen LogP contribution in [0.1, 0.15) is 153 Å². The van der Waals surface area contributed by atoms with Crippen LogP contribution < -0.4 is 0 Å². The van der Waals surface area contributed by atoms with Crippen LogP contribution in [-0.4, -0.2) is 53.3 Å². The summed E-state index contributed by atoms with van der Waals surface area (Å²) in [7, 11) is 0. The minimum Gasteiger partial charge on any atom is -0.321 e. The third-order valence-corrected chi connectivity index (χ3v) is 18.3. The summed E-state index contributed by atoms with van der Waals surface area (Å²) >= 11 is 2.53. The molecule has 0 N–H and O–H groups in total. The lowest BCUT2D eigenvalue weighted by atomic mass is 9.82. The van der Waals surface area contributed by atoms with Gasteiger partial charge in [-0.15, -0.1) is 29.1 Å². The van der Waals surface area contributed by atoms with E-state index in [4.69, 9.17) is 16.4 Å². The molecule has 2 aliphatic carbocycles. The summed E-state index contributed by atoms with van der Waals surface area (Å²) in [6.07, 6.45) is 13.7. The monoisotopic (exact) mass is 1150 g/mol. The first-order valence-corrected chi connectivity index (χ1v) is 29.6.